The van der Waals surface area contributed by atoms with Gasteiger partial charge < -0.3 is 14.5 Å². The van der Waals surface area contributed by atoms with Crippen LogP contribution in [-0.2, 0) is 13.0 Å². The first-order valence-corrected chi connectivity index (χ1v) is 13.8. The quantitative estimate of drug-likeness (QED) is 0.383. The van der Waals surface area contributed by atoms with Gasteiger partial charge in [-0.1, -0.05) is 0 Å². The minimum absolute atomic E-state index is 0.0406. The van der Waals surface area contributed by atoms with Crippen molar-refractivity contribution in [2.75, 3.05) is 36.5 Å². The lowest BCUT2D eigenvalue weighted by molar-refractivity contribution is 0.180. The van der Waals surface area contributed by atoms with E-state index in [2.05, 4.69) is 74.0 Å². The van der Waals surface area contributed by atoms with Gasteiger partial charge in [-0.15, -0.1) is 0 Å². The molecule has 1 saturated heterocycles. The summed E-state index contributed by atoms with van der Waals surface area (Å²) in [7, 11) is 1.46. The van der Waals surface area contributed by atoms with Crippen LogP contribution in [0.3, 0.4) is 0 Å². The monoisotopic (exact) mass is 530 g/mol. The van der Waals surface area contributed by atoms with E-state index in [0.717, 1.165) is 61.8 Å². The lowest BCUT2D eigenvalue weighted by Crippen LogP contribution is -2.48. The van der Waals surface area contributed by atoms with Crippen LogP contribution in [-0.4, -0.2) is 58.7 Å². The lowest BCUT2D eigenvalue weighted by Gasteiger charge is -2.41. The van der Waals surface area contributed by atoms with Crippen LogP contribution in [0, 0.1) is 19.7 Å². The Kier molecular flexibility index (Phi) is 8.12. The van der Waals surface area contributed by atoms with Gasteiger partial charge in [-0.3, -0.25) is 14.9 Å². The molecular weight excluding hydrogens is 491 g/mol. The van der Waals surface area contributed by atoms with Crippen molar-refractivity contribution >= 4 is 11.5 Å². The van der Waals surface area contributed by atoms with Crippen molar-refractivity contribution in [3.8, 4) is 5.88 Å². The zero-order valence-corrected chi connectivity index (χ0v) is 23.7. The predicted octanol–water partition coefficient (Wildman–Crippen LogP) is 5.46. The molecule has 2 aliphatic rings. The molecule has 8 heteroatoms. The number of ether oxygens (including phenoxy) is 1. The van der Waals surface area contributed by atoms with Crippen LogP contribution in [0.2, 0.25) is 0 Å². The van der Waals surface area contributed by atoms with E-state index >= 15 is 0 Å². The highest BCUT2D eigenvalue weighted by Gasteiger charge is 2.29. The third-order valence-corrected chi connectivity index (χ3v) is 7.66. The summed E-state index contributed by atoms with van der Waals surface area (Å²) in [4.78, 5) is 20.7. The second-order valence-electron chi connectivity index (χ2n) is 11.0. The first-order valence-electron chi connectivity index (χ1n) is 13.8. The highest BCUT2D eigenvalue weighted by Crippen LogP contribution is 2.33. The van der Waals surface area contributed by atoms with E-state index < -0.39 is 5.82 Å². The van der Waals surface area contributed by atoms with Crippen LogP contribution in [0.25, 0.3) is 0 Å². The normalized spacial score (nSPS) is 17.4. The minimum Gasteiger partial charge on any atom is -0.479 e. The average molecular weight is 531 g/mol. The molecule has 206 valence electrons. The summed E-state index contributed by atoms with van der Waals surface area (Å²) in [6.45, 7) is 11.9. The number of hydrogen-bond donors (Lipinski definition) is 0. The van der Waals surface area contributed by atoms with E-state index in [1.807, 2.05) is 26.2 Å². The molecule has 3 aromatic rings. The van der Waals surface area contributed by atoms with E-state index in [9.17, 15) is 4.39 Å². The third kappa shape index (κ3) is 6.22. The van der Waals surface area contributed by atoms with E-state index in [-0.39, 0.29) is 11.9 Å². The summed E-state index contributed by atoms with van der Waals surface area (Å²) in [5.74, 6) is 0.401. The van der Waals surface area contributed by atoms with Crippen LogP contribution in [0.4, 0.5) is 15.9 Å². The zero-order chi connectivity index (χ0) is 27.5. The fourth-order valence-electron chi connectivity index (χ4n) is 5.68. The van der Waals surface area contributed by atoms with Crippen LogP contribution in [0.1, 0.15) is 49.2 Å². The van der Waals surface area contributed by atoms with Gasteiger partial charge in [-0.05, 0) is 82.0 Å². The number of piperidine rings is 1. The maximum absolute atomic E-state index is 14.7. The Labute approximate surface area is 231 Å². The number of aromatic nitrogens is 3. The summed E-state index contributed by atoms with van der Waals surface area (Å²) in [6, 6.07) is 10.7. The molecule has 3 aromatic heterocycles. The van der Waals surface area contributed by atoms with Gasteiger partial charge in [0.15, 0.2) is 5.82 Å². The van der Waals surface area contributed by atoms with Gasteiger partial charge in [0.2, 0.25) is 0 Å². The Morgan fingerprint density at radius 1 is 1.10 bits per heavy atom. The number of aryl methyl sites for hydroxylation is 2. The second kappa shape index (κ2) is 11.7. The van der Waals surface area contributed by atoms with E-state index in [1.165, 1.54) is 23.9 Å². The molecule has 7 nitrogen and oxygen atoms in total. The molecule has 0 aliphatic carbocycles. The van der Waals surface area contributed by atoms with Crippen molar-refractivity contribution in [1.82, 2.24) is 19.9 Å². The van der Waals surface area contributed by atoms with Gasteiger partial charge in [-0.2, -0.15) is 4.98 Å². The fraction of sp³-hybridized carbons (Fsp3) is 0.452. The first kappa shape index (κ1) is 27.1. The molecule has 0 saturated carbocycles. The lowest BCUT2D eigenvalue weighted by atomic mass is 9.98. The van der Waals surface area contributed by atoms with Gasteiger partial charge >= 0.3 is 0 Å². The third-order valence-electron chi connectivity index (χ3n) is 7.66. The second-order valence-corrected chi connectivity index (χ2v) is 11.0. The SMILES string of the molecule is COc1nc2c(cc1F)CC(CN(Cc1ccnc(C)c1)[C@H]1CCCN(c3ccc(C)nc3)C1)=CN2C(C)C. The zero-order valence-electron chi connectivity index (χ0n) is 23.7. The van der Waals surface area contributed by atoms with Gasteiger partial charge in [0.25, 0.3) is 5.88 Å². The summed E-state index contributed by atoms with van der Waals surface area (Å²) < 4.78 is 19.9. The van der Waals surface area contributed by atoms with Crippen molar-refractivity contribution in [2.24, 2.45) is 0 Å². The average Bonchev–Trinajstić information content (AvgIpc) is 2.92. The van der Waals surface area contributed by atoms with Crippen molar-refractivity contribution < 1.29 is 9.13 Å². The molecule has 1 fully saturated rings. The highest BCUT2D eigenvalue weighted by molar-refractivity contribution is 5.57. The number of hydrogen-bond acceptors (Lipinski definition) is 7. The maximum atomic E-state index is 14.7. The van der Waals surface area contributed by atoms with Crippen LogP contribution in [0.5, 0.6) is 5.88 Å². The Hall–Kier alpha value is -3.52. The predicted molar refractivity (Wildman–Crippen MR) is 154 cm³/mol. The number of pyridine rings is 3. The van der Waals surface area contributed by atoms with Gasteiger partial charge in [0, 0.05) is 74.0 Å². The summed E-state index contributed by atoms with van der Waals surface area (Å²) >= 11 is 0. The number of fused-ring (bicyclic) bond motifs is 1. The molecule has 1 atom stereocenters. The molecule has 2 aliphatic heterocycles. The minimum atomic E-state index is -0.417. The molecule has 0 amide bonds. The molecule has 0 spiro atoms. The van der Waals surface area contributed by atoms with E-state index in [0.29, 0.717) is 12.5 Å². The Morgan fingerprint density at radius 3 is 2.67 bits per heavy atom. The molecule has 0 unspecified atom stereocenters. The molecular formula is C31H39FN6O. The Balaban J connectivity index is 1.43. The van der Waals surface area contributed by atoms with Gasteiger partial charge in [0.05, 0.1) is 19.0 Å². The molecule has 0 bridgehead atoms. The van der Waals surface area contributed by atoms with Crippen molar-refractivity contribution in [3.63, 3.8) is 0 Å². The van der Waals surface area contributed by atoms with E-state index in [4.69, 9.17) is 4.74 Å². The topological polar surface area (TPSA) is 57.6 Å². The van der Waals surface area contributed by atoms with Crippen molar-refractivity contribution in [2.45, 2.75) is 65.6 Å². The number of nitrogens with zero attached hydrogens (tertiary/aromatic N) is 6. The Morgan fingerprint density at radius 2 is 1.95 bits per heavy atom. The molecule has 5 rings (SSSR count). The number of rotatable bonds is 8. The number of halogens is 1. The first-order chi connectivity index (χ1) is 18.8. The smallest absolute Gasteiger partial charge is 0.252 e. The summed E-state index contributed by atoms with van der Waals surface area (Å²) in [6.07, 6.45) is 9.02. The number of methoxy groups -OCH3 is 1. The summed E-state index contributed by atoms with van der Waals surface area (Å²) in [5.41, 5.74) is 6.64. The van der Waals surface area contributed by atoms with E-state index in [1.54, 1.807) is 6.07 Å². The van der Waals surface area contributed by atoms with Crippen LogP contribution < -0.4 is 14.5 Å². The van der Waals surface area contributed by atoms with Crippen molar-refractivity contribution in [3.05, 3.63) is 82.8 Å². The Bertz CT molecular complexity index is 1330. The van der Waals surface area contributed by atoms with Gasteiger partial charge in [-0.25, -0.2) is 4.39 Å². The highest BCUT2D eigenvalue weighted by atomic mass is 19.1. The van der Waals surface area contributed by atoms with Gasteiger partial charge in [0.1, 0.15) is 5.82 Å². The summed E-state index contributed by atoms with van der Waals surface area (Å²) in [5, 5.41) is 0. The largest absolute Gasteiger partial charge is 0.479 e. The van der Waals surface area contributed by atoms with Crippen LogP contribution >= 0.6 is 0 Å². The number of anilines is 2. The van der Waals surface area contributed by atoms with Crippen LogP contribution in [0.15, 0.2) is 54.5 Å². The molecule has 39 heavy (non-hydrogen) atoms. The standard InChI is InChI=1S/C31H39FN6O/c1-21(2)38-19-25(14-26-15-29(32)31(39-5)35-30(26)38)18-37(17-24-10-11-33-23(4)13-24)28-7-6-12-36(20-28)27-9-8-22(3)34-16-27/h8-11,13,15-16,19,21,28H,6-7,12,14,17-18,20H2,1-5H3/t28-/m0/s1. The fourth-order valence-corrected chi connectivity index (χ4v) is 5.68. The molecule has 0 radical (unpaired) electrons. The molecule has 0 aromatic carbocycles. The molecule has 5 heterocycles. The van der Waals surface area contributed by atoms with Crippen molar-refractivity contribution in [1.29, 1.82) is 0 Å². The molecule has 0 N–H and O–H groups in total. The maximum Gasteiger partial charge on any atom is 0.252 e.